The number of anilines is 1. The van der Waals surface area contributed by atoms with Crippen LogP contribution in [0.2, 0.25) is 0 Å². The summed E-state index contributed by atoms with van der Waals surface area (Å²) in [6.45, 7) is 5.77. The van der Waals surface area contributed by atoms with Crippen molar-refractivity contribution in [2.45, 2.75) is 45.4 Å². The van der Waals surface area contributed by atoms with Gasteiger partial charge in [0.05, 0.1) is 0 Å². The molecule has 0 bridgehead atoms. The Morgan fingerprint density at radius 3 is 2.24 bits per heavy atom. The second kappa shape index (κ2) is 8.13. The van der Waals surface area contributed by atoms with E-state index in [1.54, 1.807) is 0 Å². The number of hydrogen-bond donors (Lipinski definition) is 2. The van der Waals surface area contributed by atoms with E-state index < -0.39 is 0 Å². The minimum Gasteiger partial charge on any atom is -0.396 e. The second-order valence-corrected chi connectivity index (χ2v) is 4.84. The van der Waals surface area contributed by atoms with Crippen LogP contribution in [0.1, 0.15) is 51.0 Å². The number of benzene rings is 1. The minimum absolute atomic E-state index is 0.324. The zero-order valence-corrected chi connectivity index (χ0v) is 11.1. The normalized spacial score (nSPS) is 10.8. The van der Waals surface area contributed by atoms with Crippen molar-refractivity contribution < 1.29 is 5.11 Å². The molecular formula is C15H25NO. The number of aliphatic hydroxyl groups is 1. The molecule has 2 nitrogen and oxygen atoms in total. The summed E-state index contributed by atoms with van der Waals surface area (Å²) in [5, 5.41) is 12.1. The van der Waals surface area contributed by atoms with Gasteiger partial charge in [-0.3, -0.25) is 0 Å². The summed E-state index contributed by atoms with van der Waals surface area (Å²) in [7, 11) is 0. The fraction of sp³-hybridized carbons (Fsp3) is 0.600. The Balaban J connectivity index is 2.19. The molecule has 0 amide bonds. The molecule has 0 fully saturated rings. The first kappa shape index (κ1) is 14.0. The number of aliphatic hydroxyl groups excluding tert-OH is 1. The average Bonchev–Trinajstić information content (AvgIpc) is 2.34. The van der Waals surface area contributed by atoms with Gasteiger partial charge in [-0.25, -0.2) is 0 Å². The molecule has 96 valence electrons. The van der Waals surface area contributed by atoms with Crippen molar-refractivity contribution >= 4 is 5.69 Å². The maximum absolute atomic E-state index is 8.66. The van der Waals surface area contributed by atoms with E-state index >= 15 is 0 Å². The van der Waals surface area contributed by atoms with E-state index in [-0.39, 0.29) is 0 Å². The van der Waals surface area contributed by atoms with Gasteiger partial charge in [-0.1, -0.05) is 38.8 Å². The first-order valence-corrected chi connectivity index (χ1v) is 6.68. The van der Waals surface area contributed by atoms with Crippen LogP contribution in [-0.2, 0) is 0 Å². The standard InChI is InChI=1S/C15H25NO/c1-13(2)14-7-9-15(10-8-14)16-11-5-3-4-6-12-17/h7-10,13,16-17H,3-6,11-12H2,1-2H3. The SMILES string of the molecule is CC(C)c1ccc(NCCCCCCO)cc1. The van der Waals surface area contributed by atoms with Crippen LogP contribution in [0.3, 0.4) is 0 Å². The van der Waals surface area contributed by atoms with Crippen molar-refractivity contribution in [3.8, 4) is 0 Å². The molecule has 0 aliphatic carbocycles. The van der Waals surface area contributed by atoms with Gasteiger partial charge in [0.1, 0.15) is 0 Å². The van der Waals surface area contributed by atoms with E-state index in [9.17, 15) is 0 Å². The van der Waals surface area contributed by atoms with Crippen molar-refractivity contribution in [3.05, 3.63) is 29.8 Å². The van der Waals surface area contributed by atoms with Gasteiger partial charge in [0.25, 0.3) is 0 Å². The van der Waals surface area contributed by atoms with Crippen LogP contribution in [-0.4, -0.2) is 18.3 Å². The maximum atomic E-state index is 8.66. The molecule has 2 N–H and O–H groups in total. The predicted molar refractivity (Wildman–Crippen MR) is 74.6 cm³/mol. The minimum atomic E-state index is 0.324. The topological polar surface area (TPSA) is 32.3 Å². The lowest BCUT2D eigenvalue weighted by Crippen LogP contribution is -2.01. The van der Waals surface area contributed by atoms with Crippen LogP contribution in [0.5, 0.6) is 0 Å². The third kappa shape index (κ3) is 5.73. The van der Waals surface area contributed by atoms with E-state index in [0.717, 1.165) is 19.4 Å². The monoisotopic (exact) mass is 235 g/mol. The fourth-order valence-electron chi connectivity index (χ4n) is 1.81. The number of rotatable bonds is 8. The largest absolute Gasteiger partial charge is 0.396 e. The van der Waals surface area contributed by atoms with Gasteiger partial charge in [0.15, 0.2) is 0 Å². The molecular weight excluding hydrogens is 210 g/mol. The Hall–Kier alpha value is -1.02. The molecule has 0 aromatic heterocycles. The zero-order chi connectivity index (χ0) is 12.5. The van der Waals surface area contributed by atoms with E-state index in [4.69, 9.17) is 5.11 Å². The Kier molecular flexibility index (Phi) is 6.71. The Bertz CT molecular complexity index is 292. The summed E-state index contributed by atoms with van der Waals surface area (Å²) in [5.41, 5.74) is 2.59. The highest BCUT2D eigenvalue weighted by Gasteiger charge is 1.98. The third-order valence-corrected chi connectivity index (χ3v) is 2.99. The smallest absolute Gasteiger partial charge is 0.0431 e. The molecule has 0 aliphatic rings. The van der Waals surface area contributed by atoms with Crippen LogP contribution in [0.4, 0.5) is 5.69 Å². The lowest BCUT2D eigenvalue weighted by atomic mass is 10.0. The summed E-state index contributed by atoms with van der Waals surface area (Å²) in [6, 6.07) is 8.70. The van der Waals surface area contributed by atoms with Gasteiger partial charge in [-0.2, -0.15) is 0 Å². The molecule has 0 spiro atoms. The molecule has 1 rings (SSSR count). The van der Waals surface area contributed by atoms with Gasteiger partial charge in [-0.05, 0) is 36.5 Å². The molecule has 0 aliphatic heterocycles. The highest BCUT2D eigenvalue weighted by atomic mass is 16.2. The lowest BCUT2D eigenvalue weighted by Gasteiger charge is -2.09. The summed E-state index contributed by atoms with van der Waals surface area (Å²) in [6.07, 6.45) is 4.43. The van der Waals surface area contributed by atoms with Gasteiger partial charge in [0, 0.05) is 18.8 Å². The van der Waals surface area contributed by atoms with E-state index in [0.29, 0.717) is 12.5 Å². The highest BCUT2D eigenvalue weighted by Crippen LogP contribution is 2.17. The number of hydrogen-bond acceptors (Lipinski definition) is 2. The zero-order valence-electron chi connectivity index (χ0n) is 11.1. The lowest BCUT2D eigenvalue weighted by molar-refractivity contribution is 0.283. The van der Waals surface area contributed by atoms with Crippen LogP contribution in [0.15, 0.2) is 24.3 Å². The molecule has 1 aromatic rings. The van der Waals surface area contributed by atoms with Crippen molar-refractivity contribution in [2.75, 3.05) is 18.5 Å². The summed E-state index contributed by atoms with van der Waals surface area (Å²) in [4.78, 5) is 0. The Labute approximate surface area is 105 Å². The van der Waals surface area contributed by atoms with Crippen molar-refractivity contribution in [3.63, 3.8) is 0 Å². The summed E-state index contributed by atoms with van der Waals surface area (Å²) < 4.78 is 0. The third-order valence-electron chi connectivity index (χ3n) is 2.99. The summed E-state index contributed by atoms with van der Waals surface area (Å²) >= 11 is 0. The van der Waals surface area contributed by atoms with E-state index in [1.807, 2.05) is 0 Å². The van der Waals surface area contributed by atoms with Crippen molar-refractivity contribution in [1.29, 1.82) is 0 Å². The number of nitrogens with one attached hydrogen (secondary N) is 1. The fourth-order valence-corrected chi connectivity index (χ4v) is 1.81. The van der Waals surface area contributed by atoms with E-state index in [2.05, 4.69) is 43.4 Å². The van der Waals surface area contributed by atoms with Gasteiger partial charge in [-0.15, -0.1) is 0 Å². The summed E-state index contributed by atoms with van der Waals surface area (Å²) in [5.74, 6) is 0.600. The van der Waals surface area contributed by atoms with Gasteiger partial charge in [0.2, 0.25) is 0 Å². The van der Waals surface area contributed by atoms with Crippen LogP contribution >= 0.6 is 0 Å². The molecule has 0 atom stereocenters. The van der Waals surface area contributed by atoms with Gasteiger partial charge < -0.3 is 10.4 Å². The molecule has 17 heavy (non-hydrogen) atoms. The number of unbranched alkanes of at least 4 members (excludes halogenated alkanes) is 3. The molecule has 0 heterocycles. The first-order valence-electron chi connectivity index (χ1n) is 6.68. The van der Waals surface area contributed by atoms with Crippen LogP contribution in [0.25, 0.3) is 0 Å². The molecule has 0 radical (unpaired) electrons. The first-order chi connectivity index (χ1) is 8.24. The van der Waals surface area contributed by atoms with Crippen LogP contribution in [0, 0.1) is 0 Å². The average molecular weight is 235 g/mol. The second-order valence-electron chi connectivity index (χ2n) is 4.84. The Morgan fingerprint density at radius 1 is 1.00 bits per heavy atom. The molecule has 2 heteroatoms. The molecule has 0 saturated carbocycles. The van der Waals surface area contributed by atoms with Crippen molar-refractivity contribution in [1.82, 2.24) is 0 Å². The van der Waals surface area contributed by atoms with E-state index in [1.165, 1.54) is 24.1 Å². The molecule has 0 saturated heterocycles. The quantitative estimate of drug-likeness (QED) is 0.672. The van der Waals surface area contributed by atoms with Crippen LogP contribution < -0.4 is 5.32 Å². The highest BCUT2D eigenvalue weighted by molar-refractivity contribution is 5.44. The predicted octanol–water partition coefficient (Wildman–Crippen LogP) is 3.77. The maximum Gasteiger partial charge on any atom is 0.0431 e. The van der Waals surface area contributed by atoms with Gasteiger partial charge >= 0.3 is 0 Å². The molecule has 1 aromatic carbocycles. The molecule has 0 unspecified atom stereocenters. The Morgan fingerprint density at radius 2 is 1.65 bits per heavy atom. The van der Waals surface area contributed by atoms with Crippen molar-refractivity contribution in [2.24, 2.45) is 0 Å².